The summed E-state index contributed by atoms with van der Waals surface area (Å²) < 4.78 is 6.06. The number of anilines is 2. The summed E-state index contributed by atoms with van der Waals surface area (Å²) in [6.45, 7) is 4.31. The van der Waals surface area contributed by atoms with Crippen molar-refractivity contribution in [1.82, 2.24) is 4.90 Å². The van der Waals surface area contributed by atoms with E-state index in [0.717, 1.165) is 16.9 Å². The highest BCUT2D eigenvalue weighted by molar-refractivity contribution is 5.77. The Morgan fingerprint density at radius 2 is 1.82 bits per heavy atom. The van der Waals surface area contributed by atoms with Crippen molar-refractivity contribution in [3.05, 3.63) is 40.6 Å². The Balaban J connectivity index is 0.00000225. The maximum Gasteiger partial charge on any atom is 0.295 e. The number of amides is 1. The molecule has 1 saturated heterocycles. The summed E-state index contributed by atoms with van der Waals surface area (Å²) in [5.41, 5.74) is 3.71. The Morgan fingerprint density at radius 3 is 2.46 bits per heavy atom. The van der Waals surface area contributed by atoms with Gasteiger partial charge >= 0.3 is 0 Å². The smallest absolute Gasteiger partial charge is 0.295 e. The van der Waals surface area contributed by atoms with E-state index in [1.165, 1.54) is 0 Å². The van der Waals surface area contributed by atoms with Crippen LogP contribution in [0.25, 0.3) is 22.6 Å². The van der Waals surface area contributed by atoms with Crippen LogP contribution in [0.1, 0.15) is 6.92 Å². The zero-order valence-electron chi connectivity index (χ0n) is 16.2. The van der Waals surface area contributed by atoms with Crippen molar-refractivity contribution in [3.63, 3.8) is 0 Å². The summed E-state index contributed by atoms with van der Waals surface area (Å²) in [6, 6.07) is 9.39. The molecule has 0 radical (unpaired) electrons. The van der Waals surface area contributed by atoms with Gasteiger partial charge in [-0.3, -0.25) is 9.59 Å². The Kier molecular flexibility index (Phi) is 5.47. The first-order valence-corrected chi connectivity index (χ1v) is 9.04. The number of carbonyl (C=O) groups excluding carboxylic acids is 1. The predicted molar refractivity (Wildman–Crippen MR) is 104 cm³/mol. The van der Waals surface area contributed by atoms with Gasteiger partial charge < -0.3 is 31.5 Å². The van der Waals surface area contributed by atoms with E-state index in [0.29, 0.717) is 43.2 Å². The molecular weight excluding hydrogens is 380 g/mol. The fraction of sp³-hybridized carbons (Fsp3) is 0.350. The topological polar surface area (TPSA) is 71.1 Å². The molecule has 4 rings (SSSR count). The number of H-pyrrole nitrogens is 1. The lowest BCUT2D eigenvalue weighted by atomic mass is 10.1. The number of halogens is 1. The Morgan fingerprint density at radius 1 is 1.11 bits per heavy atom. The summed E-state index contributed by atoms with van der Waals surface area (Å²) in [4.78, 5) is 33.3. The molecule has 0 saturated carbocycles. The van der Waals surface area contributed by atoms with Crippen LogP contribution in [0.5, 0.6) is 0 Å². The molecule has 1 aromatic rings. The van der Waals surface area contributed by atoms with Crippen LogP contribution >= 0.6 is 0 Å². The van der Waals surface area contributed by atoms with E-state index in [2.05, 4.69) is 9.88 Å². The molecule has 8 heteroatoms. The summed E-state index contributed by atoms with van der Waals surface area (Å²) in [7, 11) is 3.95. The number of fused-ring (bicyclic) bond motifs is 2. The van der Waals surface area contributed by atoms with Gasteiger partial charge in [-0.25, -0.2) is 0 Å². The zero-order valence-corrected chi connectivity index (χ0v) is 16.9. The first-order valence-electron chi connectivity index (χ1n) is 9.04. The Labute approximate surface area is 169 Å². The van der Waals surface area contributed by atoms with Gasteiger partial charge in [0, 0.05) is 82.8 Å². The number of aromatic amines is 1. The van der Waals surface area contributed by atoms with Crippen molar-refractivity contribution in [2.24, 2.45) is 0 Å². The number of nitrogens with zero attached hydrogens (tertiary/aromatic N) is 3. The SMILES string of the molecule is CC(=O)N1CCN(c2cc3oc4cc(N(C)C)ccc4[nH+]c-3c(=O)c2)CC1.[Cl-]. The summed E-state index contributed by atoms with van der Waals surface area (Å²) in [6.07, 6.45) is 0. The van der Waals surface area contributed by atoms with Crippen LogP contribution in [0.3, 0.4) is 0 Å². The maximum atomic E-state index is 12.6. The molecule has 2 aliphatic heterocycles. The normalized spacial score (nSPS) is 14.2. The number of aromatic nitrogens is 1. The Bertz CT molecular complexity index is 1040. The average Bonchev–Trinajstić information content (AvgIpc) is 2.66. The molecule has 1 aliphatic carbocycles. The van der Waals surface area contributed by atoms with E-state index >= 15 is 0 Å². The van der Waals surface area contributed by atoms with Gasteiger partial charge in [0.2, 0.25) is 22.8 Å². The molecule has 7 nitrogen and oxygen atoms in total. The first kappa shape index (κ1) is 19.9. The molecule has 0 unspecified atom stereocenters. The van der Waals surface area contributed by atoms with Gasteiger partial charge in [-0.2, -0.15) is 4.98 Å². The van der Waals surface area contributed by atoms with Crippen LogP contribution in [0.15, 0.2) is 39.5 Å². The third-order valence-electron chi connectivity index (χ3n) is 5.10. The molecule has 28 heavy (non-hydrogen) atoms. The second-order valence-electron chi connectivity index (χ2n) is 7.11. The van der Waals surface area contributed by atoms with Crippen molar-refractivity contribution in [2.75, 3.05) is 50.1 Å². The highest BCUT2D eigenvalue weighted by atomic mass is 35.5. The van der Waals surface area contributed by atoms with Crippen LogP contribution in [0.2, 0.25) is 0 Å². The van der Waals surface area contributed by atoms with E-state index in [4.69, 9.17) is 4.42 Å². The van der Waals surface area contributed by atoms with Crippen LogP contribution in [-0.2, 0) is 4.79 Å². The number of hydrogen-bond donors (Lipinski definition) is 0. The molecule has 1 aromatic carbocycles. The van der Waals surface area contributed by atoms with Crippen LogP contribution in [0.4, 0.5) is 11.4 Å². The average molecular weight is 403 g/mol. The van der Waals surface area contributed by atoms with Crippen molar-refractivity contribution >= 4 is 28.4 Å². The largest absolute Gasteiger partial charge is 1.00 e. The minimum atomic E-state index is -0.0983. The molecule has 1 fully saturated rings. The predicted octanol–water partition coefficient (Wildman–Crippen LogP) is -1.55. The van der Waals surface area contributed by atoms with Crippen LogP contribution < -0.4 is 32.6 Å². The first-order chi connectivity index (χ1) is 12.9. The van der Waals surface area contributed by atoms with Gasteiger partial charge in [0.1, 0.15) is 0 Å². The molecule has 0 aromatic heterocycles. The number of benzene rings is 2. The quantitative estimate of drug-likeness (QED) is 0.485. The summed E-state index contributed by atoms with van der Waals surface area (Å²) >= 11 is 0. The monoisotopic (exact) mass is 402 g/mol. The van der Waals surface area contributed by atoms with Crippen LogP contribution in [-0.4, -0.2) is 51.1 Å². The molecule has 0 bridgehead atoms. The highest BCUT2D eigenvalue weighted by Gasteiger charge is 2.24. The third kappa shape index (κ3) is 3.62. The van der Waals surface area contributed by atoms with E-state index < -0.39 is 0 Å². The number of nitrogens with one attached hydrogen (secondary N) is 1. The standard InChI is InChI=1S/C20H22N4O3.ClH/c1-13(25)23-6-8-24(9-7-23)15-10-17(26)20-19(12-15)27-18-11-14(22(2)3)4-5-16(18)21-20;/h4-5,10-12H,6-9H2,1-3H3;1H. The van der Waals surface area contributed by atoms with E-state index in [1.54, 1.807) is 13.0 Å². The second kappa shape index (κ2) is 7.67. The lowest BCUT2D eigenvalue weighted by Crippen LogP contribution is -3.00. The van der Waals surface area contributed by atoms with Crippen molar-refractivity contribution in [2.45, 2.75) is 6.92 Å². The summed E-state index contributed by atoms with van der Waals surface area (Å²) in [5.74, 6) is 0.625. The molecule has 148 valence electrons. The van der Waals surface area contributed by atoms with Gasteiger partial charge in [-0.1, -0.05) is 0 Å². The number of piperazine rings is 1. The van der Waals surface area contributed by atoms with E-state index in [-0.39, 0.29) is 23.7 Å². The number of rotatable bonds is 2. The minimum absolute atomic E-state index is 0. The third-order valence-corrected chi connectivity index (χ3v) is 5.10. The fourth-order valence-electron chi connectivity index (χ4n) is 3.47. The lowest BCUT2D eigenvalue weighted by molar-refractivity contribution is -0.335. The fourth-order valence-corrected chi connectivity index (χ4v) is 3.47. The van der Waals surface area contributed by atoms with Crippen LogP contribution in [0, 0.1) is 0 Å². The maximum absolute atomic E-state index is 12.6. The number of hydrogen-bond acceptors (Lipinski definition) is 5. The van der Waals surface area contributed by atoms with Gasteiger partial charge in [-0.15, -0.1) is 0 Å². The van der Waals surface area contributed by atoms with Crippen molar-refractivity contribution in [1.29, 1.82) is 0 Å². The van der Waals surface area contributed by atoms with Crippen molar-refractivity contribution < 1.29 is 26.6 Å². The van der Waals surface area contributed by atoms with Gasteiger partial charge in [-0.05, 0) is 6.07 Å². The Hall–Kier alpha value is -2.80. The van der Waals surface area contributed by atoms with Gasteiger partial charge in [0.15, 0.2) is 0 Å². The highest BCUT2D eigenvalue weighted by Crippen LogP contribution is 2.26. The molecule has 0 atom stereocenters. The zero-order chi connectivity index (χ0) is 19.1. The van der Waals surface area contributed by atoms with Crippen molar-refractivity contribution in [3.8, 4) is 11.5 Å². The minimum Gasteiger partial charge on any atom is -1.00 e. The van der Waals surface area contributed by atoms with Gasteiger partial charge in [0.05, 0.1) is 0 Å². The van der Waals surface area contributed by atoms with Gasteiger partial charge in [0.25, 0.3) is 11.1 Å². The molecule has 0 spiro atoms. The molecule has 3 aliphatic rings. The molecule has 1 N–H and O–H groups in total. The summed E-state index contributed by atoms with van der Waals surface area (Å²) in [5, 5.41) is 0. The molecular formula is C20H23ClN4O3. The number of carbonyl (C=O) groups is 1. The molecule has 1 amide bonds. The second-order valence-corrected chi connectivity index (χ2v) is 7.11. The van der Waals surface area contributed by atoms with E-state index in [1.807, 2.05) is 48.2 Å². The molecule has 2 heterocycles. The lowest BCUT2D eigenvalue weighted by Gasteiger charge is -2.35. The van der Waals surface area contributed by atoms with E-state index in [9.17, 15) is 9.59 Å².